The number of hydrogen-bond donors (Lipinski definition) is 1. The maximum absolute atomic E-state index is 11.8. The fraction of sp³-hybridized carbons (Fsp3) is 0.357. The van der Waals surface area contributed by atoms with Gasteiger partial charge in [0.2, 0.25) is 5.91 Å². The summed E-state index contributed by atoms with van der Waals surface area (Å²) in [6.45, 7) is 1.28. The highest BCUT2D eigenvalue weighted by Gasteiger charge is 2.28. The third kappa shape index (κ3) is 2.42. The molecule has 0 saturated carbocycles. The van der Waals surface area contributed by atoms with Gasteiger partial charge in [-0.1, -0.05) is 6.07 Å². The van der Waals surface area contributed by atoms with E-state index in [1.54, 1.807) is 17.3 Å². The SMILES string of the molecule is O=C1CC(CO)CN1Cc1ccc2nccnc2c1. The Morgan fingerprint density at radius 2 is 2.05 bits per heavy atom. The predicted octanol–water partition coefficient (Wildman–Crippen LogP) is 0.971. The summed E-state index contributed by atoms with van der Waals surface area (Å²) in [5.41, 5.74) is 2.73. The van der Waals surface area contributed by atoms with E-state index in [4.69, 9.17) is 5.11 Å². The molecule has 2 aromatic rings. The summed E-state index contributed by atoms with van der Waals surface area (Å²) in [5.74, 6) is 0.186. The molecule has 98 valence electrons. The Morgan fingerprint density at radius 3 is 2.79 bits per heavy atom. The van der Waals surface area contributed by atoms with E-state index >= 15 is 0 Å². The van der Waals surface area contributed by atoms with Gasteiger partial charge in [-0.05, 0) is 17.7 Å². The van der Waals surface area contributed by atoms with Crippen molar-refractivity contribution >= 4 is 16.9 Å². The minimum Gasteiger partial charge on any atom is -0.396 e. The monoisotopic (exact) mass is 257 g/mol. The molecule has 19 heavy (non-hydrogen) atoms. The summed E-state index contributed by atoms with van der Waals surface area (Å²) in [5, 5.41) is 9.11. The number of amides is 1. The van der Waals surface area contributed by atoms with Crippen LogP contribution in [-0.4, -0.2) is 39.0 Å². The third-order valence-corrected chi connectivity index (χ3v) is 3.46. The lowest BCUT2D eigenvalue weighted by atomic mass is 10.1. The largest absolute Gasteiger partial charge is 0.396 e. The quantitative estimate of drug-likeness (QED) is 0.889. The molecule has 1 aromatic carbocycles. The lowest BCUT2D eigenvalue weighted by Gasteiger charge is -2.16. The molecule has 1 unspecified atom stereocenters. The van der Waals surface area contributed by atoms with Crippen LogP contribution in [0, 0.1) is 5.92 Å². The first kappa shape index (κ1) is 12.0. The Morgan fingerprint density at radius 1 is 1.26 bits per heavy atom. The van der Waals surface area contributed by atoms with Crippen LogP contribution in [0.4, 0.5) is 0 Å². The maximum Gasteiger partial charge on any atom is 0.223 e. The molecule has 1 atom stereocenters. The molecule has 2 heterocycles. The molecule has 1 aliphatic rings. The van der Waals surface area contributed by atoms with Gasteiger partial charge in [0.25, 0.3) is 0 Å². The zero-order valence-electron chi connectivity index (χ0n) is 10.5. The van der Waals surface area contributed by atoms with Crippen LogP contribution in [0.25, 0.3) is 11.0 Å². The van der Waals surface area contributed by atoms with Crippen LogP contribution in [0.5, 0.6) is 0 Å². The second-order valence-electron chi connectivity index (χ2n) is 4.91. The molecule has 1 aliphatic heterocycles. The first-order chi connectivity index (χ1) is 9.26. The molecular formula is C14H15N3O2. The number of aromatic nitrogens is 2. The molecule has 5 nitrogen and oxygen atoms in total. The maximum atomic E-state index is 11.8. The smallest absolute Gasteiger partial charge is 0.223 e. The van der Waals surface area contributed by atoms with E-state index in [1.807, 2.05) is 18.2 Å². The Kier molecular flexibility index (Phi) is 3.13. The first-order valence-electron chi connectivity index (χ1n) is 6.34. The summed E-state index contributed by atoms with van der Waals surface area (Å²) < 4.78 is 0. The highest BCUT2D eigenvalue weighted by atomic mass is 16.3. The number of aliphatic hydroxyl groups excluding tert-OH is 1. The second kappa shape index (κ2) is 4.93. The van der Waals surface area contributed by atoms with Crippen molar-refractivity contribution in [2.24, 2.45) is 5.92 Å². The fourth-order valence-electron chi connectivity index (χ4n) is 2.46. The molecule has 5 heteroatoms. The molecule has 3 rings (SSSR count). The number of carbonyl (C=O) groups excluding carboxylic acids is 1. The van der Waals surface area contributed by atoms with Crippen LogP contribution in [0.1, 0.15) is 12.0 Å². The molecule has 0 radical (unpaired) electrons. The van der Waals surface area contributed by atoms with Crippen molar-refractivity contribution in [3.8, 4) is 0 Å². The van der Waals surface area contributed by atoms with Gasteiger partial charge in [-0.3, -0.25) is 14.8 Å². The normalized spacial score (nSPS) is 19.3. The summed E-state index contributed by atoms with van der Waals surface area (Å²) in [7, 11) is 0. The van der Waals surface area contributed by atoms with E-state index in [2.05, 4.69) is 9.97 Å². The molecule has 0 bridgehead atoms. The summed E-state index contributed by atoms with van der Waals surface area (Å²) in [6, 6.07) is 5.85. The summed E-state index contributed by atoms with van der Waals surface area (Å²) in [6.07, 6.45) is 3.77. The number of carbonyl (C=O) groups is 1. The van der Waals surface area contributed by atoms with Gasteiger partial charge in [-0.25, -0.2) is 0 Å². The van der Waals surface area contributed by atoms with Crippen molar-refractivity contribution in [3.05, 3.63) is 36.2 Å². The van der Waals surface area contributed by atoms with Crippen LogP contribution >= 0.6 is 0 Å². The molecule has 1 saturated heterocycles. The van der Waals surface area contributed by atoms with Crippen molar-refractivity contribution in [3.63, 3.8) is 0 Å². The topological polar surface area (TPSA) is 66.3 Å². The summed E-state index contributed by atoms with van der Waals surface area (Å²) >= 11 is 0. The molecule has 0 spiro atoms. The minimum absolute atomic E-state index is 0.0748. The highest BCUT2D eigenvalue weighted by molar-refractivity contribution is 5.79. The van der Waals surface area contributed by atoms with E-state index < -0.39 is 0 Å². The van der Waals surface area contributed by atoms with Crippen LogP contribution < -0.4 is 0 Å². The molecule has 1 aromatic heterocycles. The van der Waals surface area contributed by atoms with Gasteiger partial charge in [0.15, 0.2) is 0 Å². The highest BCUT2D eigenvalue weighted by Crippen LogP contribution is 2.20. The van der Waals surface area contributed by atoms with E-state index in [0.29, 0.717) is 19.5 Å². The Bertz CT molecular complexity index is 614. The first-order valence-corrected chi connectivity index (χ1v) is 6.34. The lowest BCUT2D eigenvalue weighted by molar-refractivity contribution is -0.128. The number of hydrogen-bond acceptors (Lipinski definition) is 4. The van der Waals surface area contributed by atoms with Gasteiger partial charge < -0.3 is 10.0 Å². The number of rotatable bonds is 3. The Hall–Kier alpha value is -2.01. The van der Waals surface area contributed by atoms with E-state index in [9.17, 15) is 4.79 Å². The van der Waals surface area contributed by atoms with E-state index in [-0.39, 0.29) is 18.4 Å². The third-order valence-electron chi connectivity index (χ3n) is 3.46. The van der Waals surface area contributed by atoms with Gasteiger partial charge in [0.1, 0.15) is 0 Å². The fourth-order valence-corrected chi connectivity index (χ4v) is 2.46. The Balaban J connectivity index is 1.80. The molecule has 1 amide bonds. The predicted molar refractivity (Wildman–Crippen MR) is 70.1 cm³/mol. The zero-order chi connectivity index (χ0) is 13.2. The number of nitrogens with zero attached hydrogens (tertiary/aromatic N) is 3. The number of likely N-dealkylation sites (tertiary alicyclic amines) is 1. The van der Waals surface area contributed by atoms with Gasteiger partial charge >= 0.3 is 0 Å². The van der Waals surface area contributed by atoms with Gasteiger partial charge in [-0.15, -0.1) is 0 Å². The molecule has 1 N–H and O–H groups in total. The van der Waals surface area contributed by atoms with Gasteiger partial charge in [0, 0.05) is 44.4 Å². The lowest BCUT2D eigenvalue weighted by Crippen LogP contribution is -2.24. The second-order valence-corrected chi connectivity index (χ2v) is 4.91. The Labute approximate surface area is 110 Å². The van der Waals surface area contributed by atoms with Crippen molar-refractivity contribution < 1.29 is 9.90 Å². The summed E-state index contributed by atoms with van der Waals surface area (Å²) in [4.78, 5) is 22.1. The van der Waals surface area contributed by atoms with Crippen LogP contribution in [0.2, 0.25) is 0 Å². The molecule has 0 aliphatic carbocycles. The minimum atomic E-state index is 0.0748. The van der Waals surface area contributed by atoms with Crippen LogP contribution in [-0.2, 0) is 11.3 Å². The zero-order valence-corrected chi connectivity index (χ0v) is 10.5. The molecule has 1 fully saturated rings. The van der Waals surface area contributed by atoms with Crippen molar-refractivity contribution in [1.29, 1.82) is 0 Å². The van der Waals surface area contributed by atoms with Gasteiger partial charge in [-0.2, -0.15) is 0 Å². The number of fused-ring (bicyclic) bond motifs is 1. The van der Waals surface area contributed by atoms with Crippen molar-refractivity contribution in [1.82, 2.24) is 14.9 Å². The van der Waals surface area contributed by atoms with Crippen LogP contribution in [0.3, 0.4) is 0 Å². The standard InChI is InChI=1S/C14H15N3O2/c18-9-11-6-14(19)17(8-11)7-10-1-2-12-13(5-10)16-4-3-15-12/h1-5,11,18H,6-9H2. The van der Waals surface area contributed by atoms with Crippen molar-refractivity contribution in [2.75, 3.05) is 13.2 Å². The molecular weight excluding hydrogens is 242 g/mol. The number of aliphatic hydroxyl groups is 1. The average molecular weight is 257 g/mol. The van der Waals surface area contributed by atoms with E-state index in [0.717, 1.165) is 16.6 Å². The van der Waals surface area contributed by atoms with Crippen molar-refractivity contribution in [2.45, 2.75) is 13.0 Å². The van der Waals surface area contributed by atoms with E-state index in [1.165, 1.54) is 0 Å². The average Bonchev–Trinajstić information content (AvgIpc) is 2.79. The van der Waals surface area contributed by atoms with Crippen LogP contribution in [0.15, 0.2) is 30.6 Å². The van der Waals surface area contributed by atoms with Gasteiger partial charge in [0.05, 0.1) is 11.0 Å². The number of benzene rings is 1.